The maximum atomic E-state index is 12.7. The van der Waals surface area contributed by atoms with Crippen LogP contribution in [0.4, 0.5) is 8.78 Å². The minimum atomic E-state index is -2.91. The molecular formula is C11H14F2N2O2S. The zero-order valence-electron chi connectivity index (χ0n) is 10.1. The van der Waals surface area contributed by atoms with E-state index >= 15 is 0 Å². The second-order valence-electron chi connectivity index (χ2n) is 4.10. The average molecular weight is 276 g/mol. The summed E-state index contributed by atoms with van der Waals surface area (Å²) in [5, 5.41) is 8.74. The Morgan fingerprint density at radius 1 is 1.50 bits per heavy atom. The van der Waals surface area contributed by atoms with Crippen molar-refractivity contribution in [3.8, 4) is 0 Å². The lowest BCUT2D eigenvalue weighted by Gasteiger charge is -2.07. The Hall–Kier alpha value is -1.24. The zero-order valence-corrected chi connectivity index (χ0v) is 10.9. The van der Waals surface area contributed by atoms with Crippen molar-refractivity contribution >= 4 is 17.7 Å². The number of rotatable bonds is 6. The van der Waals surface area contributed by atoms with Crippen LogP contribution in [0.5, 0.6) is 0 Å². The number of hydrogen-bond donors (Lipinski definition) is 1. The normalized spacial score (nSPS) is 11.2. The molecule has 0 aliphatic heterocycles. The predicted octanol–water partition coefficient (Wildman–Crippen LogP) is 3.00. The average Bonchev–Trinajstić information content (AvgIpc) is 2.28. The van der Waals surface area contributed by atoms with Gasteiger partial charge in [0.2, 0.25) is 0 Å². The maximum Gasteiger partial charge on any atom is 0.339 e. The Balaban J connectivity index is 2.83. The number of halogens is 2. The molecule has 1 rings (SSSR count). The third-order valence-corrected chi connectivity index (χ3v) is 3.35. The second kappa shape index (κ2) is 6.63. The molecule has 0 fully saturated rings. The molecule has 1 aromatic rings. The van der Waals surface area contributed by atoms with Gasteiger partial charge in [0.25, 0.3) is 6.43 Å². The number of aromatic carboxylic acids is 1. The summed E-state index contributed by atoms with van der Waals surface area (Å²) in [6.45, 7) is 4.10. The van der Waals surface area contributed by atoms with Gasteiger partial charge in [-0.1, -0.05) is 13.8 Å². The highest BCUT2D eigenvalue weighted by atomic mass is 32.2. The first-order chi connectivity index (χ1) is 8.41. The quantitative estimate of drug-likeness (QED) is 0.865. The highest BCUT2D eigenvalue weighted by Gasteiger charge is 2.21. The summed E-state index contributed by atoms with van der Waals surface area (Å²) >= 11 is 1.53. The van der Waals surface area contributed by atoms with Crippen molar-refractivity contribution in [2.75, 3.05) is 5.75 Å². The van der Waals surface area contributed by atoms with Gasteiger partial charge in [0.15, 0.2) is 0 Å². The van der Waals surface area contributed by atoms with E-state index in [4.69, 9.17) is 5.11 Å². The SMILES string of the molecule is CC(C)CSCc1ncc(C(=O)O)c(C(F)F)n1. The first kappa shape index (κ1) is 14.8. The van der Waals surface area contributed by atoms with Crippen LogP contribution in [0.2, 0.25) is 0 Å². The molecule has 1 heterocycles. The van der Waals surface area contributed by atoms with Crippen molar-refractivity contribution in [3.05, 3.63) is 23.3 Å². The van der Waals surface area contributed by atoms with Crippen LogP contribution < -0.4 is 0 Å². The van der Waals surface area contributed by atoms with E-state index in [0.29, 0.717) is 11.7 Å². The van der Waals surface area contributed by atoms with Crippen LogP contribution >= 0.6 is 11.8 Å². The Morgan fingerprint density at radius 2 is 2.17 bits per heavy atom. The third kappa shape index (κ3) is 4.21. The molecule has 18 heavy (non-hydrogen) atoms. The van der Waals surface area contributed by atoms with Crippen molar-refractivity contribution < 1.29 is 18.7 Å². The molecule has 100 valence electrons. The summed E-state index contributed by atoms with van der Waals surface area (Å²) in [4.78, 5) is 18.1. The van der Waals surface area contributed by atoms with E-state index in [0.717, 1.165) is 11.9 Å². The number of nitrogens with zero attached hydrogens (tertiary/aromatic N) is 2. The molecule has 0 atom stereocenters. The largest absolute Gasteiger partial charge is 0.478 e. The molecule has 0 saturated carbocycles. The summed E-state index contributed by atoms with van der Waals surface area (Å²) in [7, 11) is 0. The van der Waals surface area contributed by atoms with E-state index in [9.17, 15) is 13.6 Å². The highest BCUT2D eigenvalue weighted by molar-refractivity contribution is 7.98. The maximum absolute atomic E-state index is 12.7. The molecular weight excluding hydrogens is 262 g/mol. The van der Waals surface area contributed by atoms with E-state index in [2.05, 4.69) is 9.97 Å². The number of thioether (sulfide) groups is 1. The van der Waals surface area contributed by atoms with Gasteiger partial charge < -0.3 is 5.11 Å². The lowest BCUT2D eigenvalue weighted by molar-refractivity contribution is 0.0681. The second-order valence-corrected chi connectivity index (χ2v) is 5.13. The molecule has 0 aromatic carbocycles. The van der Waals surface area contributed by atoms with Crippen LogP contribution in [-0.4, -0.2) is 26.8 Å². The minimum Gasteiger partial charge on any atom is -0.478 e. The van der Waals surface area contributed by atoms with Gasteiger partial charge in [-0.2, -0.15) is 11.8 Å². The zero-order chi connectivity index (χ0) is 13.7. The summed E-state index contributed by atoms with van der Waals surface area (Å²) in [5.74, 6) is 0.557. The number of carboxylic acid groups (broad SMARTS) is 1. The smallest absolute Gasteiger partial charge is 0.339 e. The Kier molecular flexibility index (Phi) is 5.46. The Labute approximate surface area is 108 Å². The van der Waals surface area contributed by atoms with Gasteiger partial charge in [-0.3, -0.25) is 0 Å². The fraction of sp³-hybridized carbons (Fsp3) is 0.545. The summed E-state index contributed by atoms with van der Waals surface area (Å²) in [6.07, 6.45) is -1.96. The van der Waals surface area contributed by atoms with Gasteiger partial charge in [0.05, 0.1) is 5.75 Å². The molecule has 1 N–H and O–H groups in total. The van der Waals surface area contributed by atoms with Gasteiger partial charge in [-0.25, -0.2) is 23.5 Å². The van der Waals surface area contributed by atoms with Crippen molar-refractivity contribution in [1.82, 2.24) is 9.97 Å². The third-order valence-electron chi connectivity index (χ3n) is 1.99. The first-order valence-corrected chi connectivity index (χ1v) is 6.52. The molecule has 0 aliphatic carbocycles. The summed E-state index contributed by atoms with van der Waals surface area (Å²) in [5.41, 5.74) is -1.25. The summed E-state index contributed by atoms with van der Waals surface area (Å²) in [6, 6.07) is 0. The molecule has 7 heteroatoms. The summed E-state index contributed by atoms with van der Waals surface area (Å²) < 4.78 is 25.3. The molecule has 0 saturated heterocycles. The predicted molar refractivity (Wildman–Crippen MR) is 64.9 cm³/mol. The van der Waals surface area contributed by atoms with E-state index in [-0.39, 0.29) is 5.82 Å². The van der Waals surface area contributed by atoms with Crippen molar-refractivity contribution in [1.29, 1.82) is 0 Å². The van der Waals surface area contributed by atoms with Gasteiger partial charge in [0.1, 0.15) is 17.1 Å². The number of carboxylic acids is 1. The van der Waals surface area contributed by atoms with Crippen LogP contribution in [-0.2, 0) is 5.75 Å². The van der Waals surface area contributed by atoms with Crippen LogP contribution in [0.1, 0.15) is 42.1 Å². The molecule has 0 unspecified atom stereocenters. The number of aromatic nitrogens is 2. The van der Waals surface area contributed by atoms with E-state index in [1.165, 1.54) is 11.8 Å². The molecule has 0 amide bonds. The number of hydrogen-bond acceptors (Lipinski definition) is 4. The lowest BCUT2D eigenvalue weighted by Crippen LogP contribution is -2.09. The molecule has 4 nitrogen and oxygen atoms in total. The van der Waals surface area contributed by atoms with Gasteiger partial charge in [-0.05, 0) is 11.7 Å². The molecule has 0 spiro atoms. The first-order valence-electron chi connectivity index (χ1n) is 5.36. The monoisotopic (exact) mass is 276 g/mol. The molecule has 0 aliphatic rings. The van der Waals surface area contributed by atoms with Gasteiger partial charge in [-0.15, -0.1) is 0 Å². The van der Waals surface area contributed by atoms with E-state index < -0.39 is 23.7 Å². The lowest BCUT2D eigenvalue weighted by atomic mass is 10.2. The number of carbonyl (C=O) groups is 1. The fourth-order valence-corrected chi connectivity index (χ4v) is 2.13. The van der Waals surface area contributed by atoms with Crippen molar-refractivity contribution in [3.63, 3.8) is 0 Å². The Morgan fingerprint density at radius 3 is 2.67 bits per heavy atom. The number of alkyl halides is 2. The van der Waals surface area contributed by atoms with Gasteiger partial charge >= 0.3 is 5.97 Å². The van der Waals surface area contributed by atoms with Crippen LogP contribution in [0.15, 0.2) is 6.20 Å². The van der Waals surface area contributed by atoms with Gasteiger partial charge in [0, 0.05) is 6.20 Å². The standard InChI is InChI=1S/C11H14F2N2O2S/c1-6(2)4-18-5-8-14-3-7(11(16)17)9(15-8)10(12)13/h3,6,10H,4-5H2,1-2H3,(H,16,17). The van der Waals surface area contributed by atoms with Crippen LogP contribution in [0.25, 0.3) is 0 Å². The van der Waals surface area contributed by atoms with E-state index in [1.54, 1.807) is 0 Å². The topological polar surface area (TPSA) is 63.1 Å². The molecule has 1 aromatic heterocycles. The highest BCUT2D eigenvalue weighted by Crippen LogP contribution is 2.22. The molecule has 0 bridgehead atoms. The van der Waals surface area contributed by atoms with Crippen molar-refractivity contribution in [2.45, 2.75) is 26.0 Å². The van der Waals surface area contributed by atoms with E-state index in [1.807, 2.05) is 13.8 Å². The fourth-order valence-electron chi connectivity index (χ4n) is 1.22. The van der Waals surface area contributed by atoms with Crippen LogP contribution in [0.3, 0.4) is 0 Å². The Bertz CT molecular complexity index is 428. The minimum absolute atomic E-state index is 0.237. The van der Waals surface area contributed by atoms with Crippen molar-refractivity contribution in [2.24, 2.45) is 5.92 Å². The van der Waals surface area contributed by atoms with Crippen LogP contribution in [0, 0.1) is 5.92 Å². The molecule has 0 radical (unpaired) electrons.